The minimum atomic E-state index is 0.187. The van der Waals surface area contributed by atoms with E-state index >= 15 is 0 Å². The Kier molecular flexibility index (Phi) is 4.36. The lowest BCUT2D eigenvalue weighted by Crippen LogP contribution is -2.30. The van der Waals surface area contributed by atoms with Crippen LogP contribution in [-0.2, 0) is 0 Å². The third-order valence-electron chi connectivity index (χ3n) is 3.25. The molecule has 0 saturated carbocycles. The van der Waals surface area contributed by atoms with Crippen LogP contribution in [-0.4, -0.2) is 11.7 Å². The number of phenolic OH excluding ortho intramolecular Hbond substituents is 1. The number of aromatic hydroxyl groups is 1. The van der Waals surface area contributed by atoms with Crippen LogP contribution in [0.4, 0.5) is 0 Å². The van der Waals surface area contributed by atoms with E-state index in [0.717, 1.165) is 18.5 Å². The highest BCUT2D eigenvalue weighted by molar-refractivity contribution is 5.34. The Hall–Kier alpha value is -1.02. The van der Waals surface area contributed by atoms with Gasteiger partial charge in [0.25, 0.3) is 0 Å². The molecular formula is C14H23NO. The van der Waals surface area contributed by atoms with Gasteiger partial charge in [-0.1, -0.05) is 39.0 Å². The first-order valence-corrected chi connectivity index (χ1v) is 5.97. The molecule has 0 saturated heterocycles. The molecule has 1 rings (SSSR count). The van der Waals surface area contributed by atoms with E-state index in [1.165, 1.54) is 0 Å². The van der Waals surface area contributed by atoms with Crippen LogP contribution in [0.3, 0.4) is 0 Å². The van der Waals surface area contributed by atoms with Gasteiger partial charge in [-0.15, -0.1) is 0 Å². The Bertz CT molecular complexity index is 333. The second-order valence-corrected chi connectivity index (χ2v) is 5.18. The Morgan fingerprint density at radius 2 is 1.94 bits per heavy atom. The molecule has 2 N–H and O–H groups in total. The number of hydrogen-bond donors (Lipinski definition) is 2. The molecule has 2 heteroatoms. The molecule has 0 aliphatic carbocycles. The lowest BCUT2D eigenvalue weighted by atomic mass is 9.90. The van der Waals surface area contributed by atoms with E-state index in [4.69, 9.17) is 0 Å². The zero-order valence-corrected chi connectivity index (χ0v) is 10.7. The molecule has 0 heterocycles. The molecule has 0 aromatic heterocycles. The van der Waals surface area contributed by atoms with E-state index in [1.54, 1.807) is 6.07 Å². The van der Waals surface area contributed by atoms with Crippen molar-refractivity contribution in [1.82, 2.24) is 5.32 Å². The number of phenols is 1. The molecule has 1 atom stereocenters. The quantitative estimate of drug-likeness (QED) is 0.798. The van der Waals surface area contributed by atoms with Crippen LogP contribution in [0.15, 0.2) is 24.3 Å². The molecule has 0 bridgehead atoms. The number of benzene rings is 1. The van der Waals surface area contributed by atoms with E-state index in [0.29, 0.717) is 11.2 Å². The first kappa shape index (κ1) is 13.0. The van der Waals surface area contributed by atoms with Crippen molar-refractivity contribution >= 4 is 0 Å². The second-order valence-electron chi connectivity index (χ2n) is 5.18. The van der Waals surface area contributed by atoms with Gasteiger partial charge in [0.05, 0.1) is 0 Å². The Morgan fingerprint density at radius 3 is 2.50 bits per heavy atom. The molecule has 0 amide bonds. The Balaban J connectivity index is 2.60. The lowest BCUT2D eigenvalue weighted by molar-refractivity contribution is 0.312. The summed E-state index contributed by atoms with van der Waals surface area (Å²) in [6.45, 7) is 9.74. The minimum absolute atomic E-state index is 0.187. The fourth-order valence-corrected chi connectivity index (χ4v) is 1.52. The minimum Gasteiger partial charge on any atom is -0.508 e. The lowest BCUT2D eigenvalue weighted by Gasteiger charge is -2.26. The SMILES string of the molecule is CCC(C)(C)CNC(C)c1ccccc1O. The van der Waals surface area contributed by atoms with Crippen molar-refractivity contribution in [3.8, 4) is 5.75 Å². The molecule has 0 spiro atoms. The summed E-state index contributed by atoms with van der Waals surface area (Å²) in [5.74, 6) is 0.372. The molecule has 1 aromatic rings. The summed E-state index contributed by atoms with van der Waals surface area (Å²) >= 11 is 0. The van der Waals surface area contributed by atoms with Gasteiger partial charge in [-0.3, -0.25) is 0 Å². The predicted octanol–water partition coefficient (Wildman–Crippen LogP) is 3.48. The van der Waals surface area contributed by atoms with Gasteiger partial charge in [0.1, 0.15) is 5.75 Å². The number of nitrogens with one attached hydrogen (secondary N) is 1. The van der Waals surface area contributed by atoms with Gasteiger partial charge in [0, 0.05) is 18.2 Å². The topological polar surface area (TPSA) is 32.3 Å². The summed E-state index contributed by atoms with van der Waals surface area (Å²) in [6.07, 6.45) is 1.15. The van der Waals surface area contributed by atoms with Crippen molar-refractivity contribution in [2.45, 2.75) is 40.2 Å². The molecule has 90 valence electrons. The first-order chi connectivity index (χ1) is 7.46. The summed E-state index contributed by atoms with van der Waals surface area (Å²) in [5.41, 5.74) is 1.27. The monoisotopic (exact) mass is 221 g/mol. The third-order valence-corrected chi connectivity index (χ3v) is 3.25. The molecule has 0 fully saturated rings. The highest BCUT2D eigenvalue weighted by atomic mass is 16.3. The van der Waals surface area contributed by atoms with Crippen LogP contribution in [0.25, 0.3) is 0 Å². The molecule has 2 nitrogen and oxygen atoms in total. The Labute approximate surface area is 98.7 Å². The number of para-hydroxylation sites is 1. The maximum Gasteiger partial charge on any atom is 0.120 e. The van der Waals surface area contributed by atoms with Crippen LogP contribution in [0.1, 0.15) is 45.7 Å². The maximum absolute atomic E-state index is 9.73. The van der Waals surface area contributed by atoms with Gasteiger partial charge in [0.2, 0.25) is 0 Å². The highest BCUT2D eigenvalue weighted by Crippen LogP contribution is 2.25. The molecule has 1 aromatic carbocycles. The summed E-state index contributed by atoms with van der Waals surface area (Å²) < 4.78 is 0. The van der Waals surface area contributed by atoms with Crippen LogP contribution >= 0.6 is 0 Å². The smallest absolute Gasteiger partial charge is 0.120 e. The van der Waals surface area contributed by atoms with Gasteiger partial charge < -0.3 is 10.4 Å². The average Bonchev–Trinajstić information content (AvgIpc) is 2.27. The molecule has 1 unspecified atom stereocenters. The van der Waals surface area contributed by atoms with Crippen molar-refractivity contribution in [2.75, 3.05) is 6.54 Å². The standard InChI is InChI=1S/C14H23NO/c1-5-14(3,4)10-15-11(2)12-8-6-7-9-13(12)16/h6-9,11,15-16H,5,10H2,1-4H3. The summed E-state index contributed by atoms with van der Waals surface area (Å²) in [5, 5.41) is 13.2. The van der Waals surface area contributed by atoms with Crippen molar-refractivity contribution in [1.29, 1.82) is 0 Å². The summed E-state index contributed by atoms with van der Waals surface area (Å²) in [4.78, 5) is 0. The molecule has 0 aliphatic rings. The van der Waals surface area contributed by atoms with E-state index in [1.807, 2.05) is 18.2 Å². The zero-order chi connectivity index (χ0) is 12.2. The third kappa shape index (κ3) is 3.53. The number of hydrogen-bond acceptors (Lipinski definition) is 2. The average molecular weight is 221 g/mol. The van der Waals surface area contributed by atoms with E-state index < -0.39 is 0 Å². The zero-order valence-electron chi connectivity index (χ0n) is 10.7. The summed E-state index contributed by atoms with van der Waals surface area (Å²) in [6, 6.07) is 7.69. The van der Waals surface area contributed by atoms with Crippen LogP contribution in [0.2, 0.25) is 0 Å². The van der Waals surface area contributed by atoms with Gasteiger partial charge >= 0.3 is 0 Å². The van der Waals surface area contributed by atoms with Crippen molar-refractivity contribution in [3.63, 3.8) is 0 Å². The maximum atomic E-state index is 9.73. The van der Waals surface area contributed by atoms with Crippen LogP contribution in [0, 0.1) is 5.41 Å². The van der Waals surface area contributed by atoms with E-state index in [2.05, 4.69) is 33.0 Å². The van der Waals surface area contributed by atoms with E-state index in [-0.39, 0.29) is 6.04 Å². The van der Waals surface area contributed by atoms with Crippen LogP contribution in [0.5, 0.6) is 5.75 Å². The molecule has 0 aliphatic heterocycles. The van der Waals surface area contributed by atoms with Gasteiger partial charge in [-0.2, -0.15) is 0 Å². The first-order valence-electron chi connectivity index (χ1n) is 5.97. The predicted molar refractivity (Wildman–Crippen MR) is 68.6 cm³/mol. The van der Waals surface area contributed by atoms with Gasteiger partial charge in [-0.05, 0) is 24.8 Å². The Morgan fingerprint density at radius 1 is 1.31 bits per heavy atom. The van der Waals surface area contributed by atoms with Crippen molar-refractivity contribution in [3.05, 3.63) is 29.8 Å². The fraction of sp³-hybridized carbons (Fsp3) is 0.571. The fourth-order valence-electron chi connectivity index (χ4n) is 1.52. The van der Waals surface area contributed by atoms with Gasteiger partial charge in [-0.25, -0.2) is 0 Å². The molecule has 16 heavy (non-hydrogen) atoms. The summed E-state index contributed by atoms with van der Waals surface area (Å²) in [7, 11) is 0. The number of rotatable bonds is 5. The van der Waals surface area contributed by atoms with Gasteiger partial charge in [0.15, 0.2) is 0 Å². The van der Waals surface area contributed by atoms with Crippen molar-refractivity contribution in [2.24, 2.45) is 5.41 Å². The molecular weight excluding hydrogens is 198 g/mol. The molecule has 0 radical (unpaired) electrons. The van der Waals surface area contributed by atoms with E-state index in [9.17, 15) is 5.11 Å². The highest BCUT2D eigenvalue weighted by Gasteiger charge is 2.17. The second kappa shape index (κ2) is 5.35. The largest absolute Gasteiger partial charge is 0.508 e. The van der Waals surface area contributed by atoms with Crippen molar-refractivity contribution < 1.29 is 5.11 Å². The van der Waals surface area contributed by atoms with Crippen LogP contribution < -0.4 is 5.32 Å². The normalized spacial score (nSPS) is 13.8.